The van der Waals surface area contributed by atoms with Crippen LogP contribution in [0.5, 0.6) is 5.75 Å². The molecule has 0 spiro atoms. The number of methoxy groups -OCH3 is 1. The minimum Gasteiger partial charge on any atom is -0.497 e. The number of carbonyl (C=O) groups is 1. The smallest absolute Gasteiger partial charge is 0.257 e. The average Bonchev–Trinajstić information content (AvgIpc) is 3.49. The van der Waals surface area contributed by atoms with Crippen LogP contribution in [-0.2, 0) is 12.8 Å². The van der Waals surface area contributed by atoms with Crippen LogP contribution in [0.4, 0.5) is 0 Å². The zero-order valence-corrected chi connectivity index (χ0v) is 20.5. The third-order valence-electron chi connectivity index (χ3n) is 8.56. The number of hydrogen-bond acceptors (Lipinski definition) is 5. The van der Waals surface area contributed by atoms with Crippen molar-refractivity contribution in [2.24, 2.45) is 17.6 Å². The lowest BCUT2D eigenvalue weighted by atomic mass is 9.79. The Bertz CT molecular complexity index is 960. The number of likely N-dealkylation sites (tertiary alicyclic amines) is 1. The molecule has 6 nitrogen and oxygen atoms in total. The number of benzene rings is 1. The lowest BCUT2D eigenvalue weighted by Gasteiger charge is -2.39. The highest BCUT2D eigenvalue weighted by molar-refractivity contribution is 5.94. The third-order valence-corrected chi connectivity index (χ3v) is 8.56. The van der Waals surface area contributed by atoms with E-state index in [1.54, 1.807) is 19.6 Å². The fourth-order valence-corrected chi connectivity index (χ4v) is 6.79. The summed E-state index contributed by atoms with van der Waals surface area (Å²) in [6.07, 6.45) is 12.0. The molecule has 1 aromatic carbocycles. The van der Waals surface area contributed by atoms with Gasteiger partial charge < -0.3 is 19.8 Å². The van der Waals surface area contributed by atoms with E-state index >= 15 is 0 Å². The number of rotatable bonds is 5. The molecule has 184 valence electrons. The molecule has 4 bridgehead atoms. The van der Waals surface area contributed by atoms with E-state index in [2.05, 4.69) is 28.0 Å². The minimum atomic E-state index is 0.145. The van der Waals surface area contributed by atoms with Crippen LogP contribution in [0, 0.1) is 11.8 Å². The van der Waals surface area contributed by atoms with E-state index in [1.807, 2.05) is 6.07 Å². The summed E-state index contributed by atoms with van der Waals surface area (Å²) in [5.41, 5.74) is 9.49. The van der Waals surface area contributed by atoms with Crippen LogP contribution >= 0.6 is 0 Å². The van der Waals surface area contributed by atoms with Crippen LogP contribution in [0.15, 0.2) is 41.2 Å². The van der Waals surface area contributed by atoms with E-state index in [4.69, 9.17) is 14.9 Å². The molecule has 1 aromatic heterocycles. The maximum Gasteiger partial charge on any atom is 0.257 e. The molecule has 4 heterocycles. The first-order valence-electron chi connectivity index (χ1n) is 13.1. The molecule has 4 atom stereocenters. The van der Waals surface area contributed by atoms with Gasteiger partial charge in [-0.2, -0.15) is 0 Å². The normalized spacial score (nSPS) is 27.5. The zero-order chi connectivity index (χ0) is 23.5. The highest BCUT2D eigenvalue weighted by Crippen LogP contribution is 2.41. The van der Waals surface area contributed by atoms with Crippen molar-refractivity contribution in [3.05, 3.63) is 53.5 Å². The van der Waals surface area contributed by atoms with E-state index in [1.165, 1.54) is 24.0 Å². The van der Waals surface area contributed by atoms with Crippen LogP contribution in [0.1, 0.15) is 60.0 Å². The Morgan fingerprint density at radius 2 is 2.09 bits per heavy atom. The molecule has 2 fully saturated rings. The van der Waals surface area contributed by atoms with Gasteiger partial charge >= 0.3 is 0 Å². The van der Waals surface area contributed by atoms with Gasteiger partial charge in [-0.15, -0.1) is 0 Å². The van der Waals surface area contributed by atoms with E-state index in [0.717, 1.165) is 70.5 Å². The Hall–Kier alpha value is -2.31. The number of aryl methyl sites for hydroxylation is 1. The van der Waals surface area contributed by atoms with Crippen molar-refractivity contribution in [1.82, 2.24) is 9.80 Å². The summed E-state index contributed by atoms with van der Waals surface area (Å²) in [4.78, 5) is 18.3. The number of nitrogens with zero attached hydrogens (tertiary/aromatic N) is 2. The van der Waals surface area contributed by atoms with Crippen LogP contribution in [0.25, 0.3) is 0 Å². The number of hydrogen-bond donors (Lipinski definition) is 1. The van der Waals surface area contributed by atoms with E-state index in [9.17, 15) is 4.79 Å². The van der Waals surface area contributed by atoms with Gasteiger partial charge in [0.1, 0.15) is 12.0 Å². The molecule has 6 heteroatoms. The van der Waals surface area contributed by atoms with Gasteiger partial charge in [0.25, 0.3) is 5.91 Å². The number of amides is 1. The first-order chi connectivity index (χ1) is 16.7. The lowest BCUT2D eigenvalue weighted by Crippen LogP contribution is -2.46. The number of fused-ring (bicyclic) bond motifs is 5. The van der Waals surface area contributed by atoms with Crippen molar-refractivity contribution in [3.8, 4) is 5.75 Å². The summed E-state index contributed by atoms with van der Waals surface area (Å²) in [6.45, 7) is 3.77. The van der Waals surface area contributed by atoms with E-state index in [0.29, 0.717) is 29.5 Å². The molecule has 1 amide bonds. The highest BCUT2D eigenvalue weighted by atomic mass is 16.5. The highest BCUT2D eigenvalue weighted by Gasteiger charge is 2.45. The second kappa shape index (κ2) is 10.5. The largest absolute Gasteiger partial charge is 0.497 e. The van der Waals surface area contributed by atoms with Gasteiger partial charge in [0.05, 0.1) is 18.9 Å². The van der Waals surface area contributed by atoms with Crippen LogP contribution in [0.3, 0.4) is 0 Å². The maximum absolute atomic E-state index is 13.4. The third kappa shape index (κ3) is 4.76. The molecule has 6 rings (SSSR count). The predicted octanol–water partition coefficient (Wildman–Crippen LogP) is 4.13. The summed E-state index contributed by atoms with van der Waals surface area (Å²) in [5.74, 6) is 2.22. The molecule has 1 aliphatic carbocycles. The molecule has 34 heavy (non-hydrogen) atoms. The molecule has 3 aliphatic heterocycles. The summed E-state index contributed by atoms with van der Waals surface area (Å²) < 4.78 is 10.8. The molecule has 2 saturated heterocycles. The average molecular weight is 466 g/mol. The van der Waals surface area contributed by atoms with Crippen LogP contribution < -0.4 is 10.5 Å². The molecule has 2 N–H and O–H groups in total. The van der Waals surface area contributed by atoms with Crippen molar-refractivity contribution >= 4 is 5.91 Å². The minimum absolute atomic E-state index is 0.145. The van der Waals surface area contributed by atoms with E-state index < -0.39 is 0 Å². The van der Waals surface area contributed by atoms with Gasteiger partial charge in [-0.25, -0.2) is 0 Å². The fourth-order valence-electron chi connectivity index (χ4n) is 6.79. The van der Waals surface area contributed by atoms with E-state index in [-0.39, 0.29) is 5.91 Å². The van der Waals surface area contributed by atoms with Crippen molar-refractivity contribution in [3.63, 3.8) is 0 Å². The molecule has 3 unspecified atom stereocenters. The quantitative estimate of drug-likeness (QED) is 0.719. The summed E-state index contributed by atoms with van der Waals surface area (Å²) in [7, 11) is 1.75. The number of furan rings is 1. The first kappa shape index (κ1) is 23.4. The number of nitrogens with two attached hydrogens (primary N) is 1. The van der Waals surface area contributed by atoms with Crippen LogP contribution in [-0.4, -0.2) is 61.1 Å². The number of ether oxygens (including phenoxy) is 1. The summed E-state index contributed by atoms with van der Waals surface area (Å²) in [5, 5.41) is 0. The SMILES string of the molecule is COc1ccc2c(c1)CCC[C@@H]1CN(C(=O)c3ccoc3)C3CCC(C2)N(CCCN)CCC31. The van der Waals surface area contributed by atoms with Crippen LogP contribution in [0.2, 0.25) is 0 Å². The van der Waals surface area contributed by atoms with Crippen molar-refractivity contribution < 1.29 is 13.9 Å². The second-order valence-corrected chi connectivity index (χ2v) is 10.4. The van der Waals surface area contributed by atoms with Gasteiger partial charge in [0.2, 0.25) is 0 Å². The van der Waals surface area contributed by atoms with Gasteiger partial charge in [0.15, 0.2) is 0 Å². The van der Waals surface area contributed by atoms with Crippen molar-refractivity contribution in [1.29, 1.82) is 0 Å². The zero-order valence-electron chi connectivity index (χ0n) is 20.5. The Morgan fingerprint density at radius 3 is 2.88 bits per heavy atom. The fraction of sp³-hybridized carbons (Fsp3) is 0.607. The van der Waals surface area contributed by atoms with Gasteiger partial charge in [-0.3, -0.25) is 9.69 Å². The molecule has 0 radical (unpaired) electrons. The molecular formula is C28H39N3O3. The first-order valence-corrected chi connectivity index (χ1v) is 13.1. The molecule has 2 aromatic rings. The van der Waals surface area contributed by atoms with Gasteiger partial charge in [0, 0.05) is 18.6 Å². The standard InChI is InChI=1S/C28H39N3O3/c1-33-25-8-6-21-16-24-7-9-27-26(10-14-30(24)13-3-12-29)22(5-2-4-20(21)17-25)18-31(27)28(32)23-11-15-34-19-23/h6,8,11,15,17,19,22,24,26-27H,2-5,7,9-10,12-14,16,18,29H2,1H3/t22-,24?,26?,27?/m1/s1. The van der Waals surface area contributed by atoms with Gasteiger partial charge in [-0.05, 0) is 112 Å². The maximum atomic E-state index is 13.4. The Morgan fingerprint density at radius 1 is 1.18 bits per heavy atom. The number of carbonyl (C=O) groups excluding carboxylic acids is 1. The Kier molecular flexibility index (Phi) is 7.26. The molecule has 0 saturated carbocycles. The predicted molar refractivity (Wildman–Crippen MR) is 133 cm³/mol. The molecule has 4 aliphatic rings. The second-order valence-electron chi connectivity index (χ2n) is 10.4. The summed E-state index contributed by atoms with van der Waals surface area (Å²) in [6, 6.07) is 9.26. The Labute approximate surface area is 203 Å². The van der Waals surface area contributed by atoms with Gasteiger partial charge in [-0.1, -0.05) is 6.07 Å². The summed E-state index contributed by atoms with van der Waals surface area (Å²) >= 11 is 0. The monoisotopic (exact) mass is 465 g/mol. The molecular weight excluding hydrogens is 426 g/mol. The van der Waals surface area contributed by atoms with Crippen molar-refractivity contribution in [2.45, 2.75) is 63.5 Å². The van der Waals surface area contributed by atoms with Crippen molar-refractivity contribution in [2.75, 3.05) is 33.3 Å². The topological polar surface area (TPSA) is 71.9 Å². The Balaban J connectivity index is 1.47. The lowest BCUT2D eigenvalue weighted by molar-refractivity contribution is 0.0654.